The number of nitrogens with one attached hydrogen (secondary N) is 1. The normalized spacial score (nSPS) is 16.9. The Morgan fingerprint density at radius 2 is 2.24 bits per heavy atom. The number of ether oxygens (including phenoxy) is 1. The van der Waals surface area contributed by atoms with E-state index in [1.807, 2.05) is 18.2 Å². The molecule has 0 spiro atoms. The Bertz CT molecular complexity index is 658. The fourth-order valence-corrected chi connectivity index (χ4v) is 3.46. The molecule has 0 unspecified atom stereocenters. The van der Waals surface area contributed by atoms with Crippen molar-refractivity contribution in [3.8, 4) is 0 Å². The Labute approximate surface area is 151 Å². The number of hydrogen-bond acceptors (Lipinski definition) is 6. The highest BCUT2D eigenvalue weighted by molar-refractivity contribution is 7.99. The molecule has 0 radical (unpaired) electrons. The van der Waals surface area contributed by atoms with Crippen molar-refractivity contribution in [3.63, 3.8) is 0 Å². The molecular weight excluding hydrogens is 338 g/mol. The number of carbonyl (C=O) groups excluding carboxylic acids is 1. The molecule has 1 aliphatic heterocycles. The molecule has 1 amide bonds. The van der Waals surface area contributed by atoms with Gasteiger partial charge in [0.05, 0.1) is 18.4 Å². The van der Waals surface area contributed by atoms with E-state index in [0.717, 1.165) is 32.3 Å². The Hall–Kier alpha value is -1.93. The molecule has 0 bridgehead atoms. The quantitative estimate of drug-likeness (QED) is 0.541. The maximum atomic E-state index is 12.0. The molecule has 2 heterocycles. The van der Waals surface area contributed by atoms with E-state index in [0.29, 0.717) is 24.0 Å². The van der Waals surface area contributed by atoms with E-state index in [4.69, 9.17) is 4.74 Å². The van der Waals surface area contributed by atoms with Gasteiger partial charge in [0, 0.05) is 13.2 Å². The van der Waals surface area contributed by atoms with Crippen molar-refractivity contribution in [1.29, 1.82) is 0 Å². The van der Waals surface area contributed by atoms with Gasteiger partial charge in [0.2, 0.25) is 11.1 Å². The molecule has 1 fully saturated rings. The number of tetrazole rings is 1. The molecular formula is C17H23N5O2S. The molecule has 3 rings (SSSR count). The fraction of sp³-hybridized carbons (Fsp3) is 0.529. The van der Waals surface area contributed by atoms with Crippen LogP contribution in [0.25, 0.3) is 0 Å². The minimum absolute atomic E-state index is 0.00438. The highest BCUT2D eigenvalue weighted by Crippen LogP contribution is 2.18. The van der Waals surface area contributed by atoms with Gasteiger partial charge >= 0.3 is 0 Å². The van der Waals surface area contributed by atoms with Crippen LogP contribution >= 0.6 is 11.8 Å². The summed E-state index contributed by atoms with van der Waals surface area (Å²) in [6, 6.07) is 10.3. The van der Waals surface area contributed by atoms with Crippen molar-refractivity contribution < 1.29 is 9.53 Å². The number of carbonyl (C=O) groups is 1. The van der Waals surface area contributed by atoms with Crippen LogP contribution in [0.2, 0.25) is 0 Å². The molecule has 1 atom stereocenters. The second-order valence-electron chi connectivity index (χ2n) is 6.01. The smallest absolute Gasteiger partial charge is 0.230 e. The van der Waals surface area contributed by atoms with Crippen LogP contribution < -0.4 is 5.32 Å². The number of thioether (sulfide) groups is 1. The minimum Gasteiger partial charge on any atom is -0.376 e. The topological polar surface area (TPSA) is 81.9 Å². The molecule has 1 aliphatic rings. The van der Waals surface area contributed by atoms with Crippen LogP contribution in [0.4, 0.5) is 0 Å². The summed E-state index contributed by atoms with van der Waals surface area (Å²) >= 11 is 1.36. The average molecular weight is 361 g/mol. The average Bonchev–Trinajstić information content (AvgIpc) is 3.30. The van der Waals surface area contributed by atoms with Crippen LogP contribution in [0.15, 0.2) is 35.5 Å². The second-order valence-corrected chi connectivity index (χ2v) is 6.95. The fourth-order valence-electron chi connectivity index (χ4n) is 2.74. The lowest BCUT2D eigenvalue weighted by Gasteiger charge is -2.10. The number of aromatic nitrogens is 4. The van der Waals surface area contributed by atoms with Gasteiger partial charge in [-0.25, -0.2) is 4.68 Å². The first-order valence-corrected chi connectivity index (χ1v) is 9.61. The standard InChI is InChI=1S/C17H23N5O2S/c23-16(18-10-4-8-14-6-2-1-3-7-14)13-25-17-19-20-21-22(17)12-15-9-5-11-24-15/h1-3,6-7,15H,4-5,8-13H2,(H,18,23)/t15-/m1/s1. The van der Waals surface area contributed by atoms with E-state index >= 15 is 0 Å². The molecule has 0 saturated carbocycles. The number of nitrogens with zero attached hydrogens (tertiary/aromatic N) is 4. The number of aryl methyl sites for hydroxylation is 1. The van der Waals surface area contributed by atoms with Crippen molar-refractivity contribution in [2.75, 3.05) is 18.9 Å². The molecule has 134 valence electrons. The number of hydrogen-bond donors (Lipinski definition) is 1. The molecule has 8 heteroatoms. The molecule has 1 aromatic heterocycles. The summed E-state index contributed by atoms with van der Waals surface area (Å²) < 4.78 is 7.33. The summed E-state index contributed by atoms with van der Waals surface area (Å²) in [4.78, 5) is 12.0. The SMILES string of the molecule is O=C(CSc1nnnn1C[C@H]1CCCO1)NCCCc1ccccc1. The zero-order valence-electron chi connectivity index (χ0n) is 14.1. The predicted molar refractivity (Wildman–Crippen MR) is 95.3 cm³/mol. The van der Waals surface area contributed by atoms with Crippen molar-refractivity contribution >= 4 is 17.7 Å². The third-order valence-electron chi connectivity index (χ3n) is 4.04. The lowest BCUT2D eigenvalue weighted by atomic mass is 10.1. The Kier molecular flexibility index (Phi) is 6.81. The highest BCUT2D eigenvalue weighted by atomic mass is 32.2. The molecule has 2 aromatic rings. The van der Waals surface area contributed by atoms with E-state index in [1.54, 1.807) is 4.68 Å². The zero-order valence-corrected chi connectivity index (χ0v) is 15.0. The van der Waals surface area contributed by atoms with Crippen LogP contribution in [0.5, 0.6) is 0 Å². The van der Waals surface area contributed by atoms with Crippen LogP contribution in [0, 0.1) is 0 Å². The number of amides is 1. The van der Waals surface area contributed by atoms with Gasteiger partial charge in [-0.2, -0.15) is 0 Å². The summed E-state index contributed by atoms with van der Waals surface area (Å²) in [5.74, 6) is 0.321. The van der Waals surface area contributed by atoms with E-state index in [2.05, 4.69) is 33.0 Å². The number of rotatable bonds is 9. The molecule has 0 aliphatic carbocycles. The van der Waals surface area contributed by atoms with E-state index in [1.165, 1.54) is 17.3 Å². The van der Waals surface area contributed by atoms with Gasteiger partial charge in [-0.1, -0.05) is 42.1 Å². The monoisotopic (exact) mass is 361 g/mol. The third kappa shape index (κ3) is 5.82. The Morgan fingerprint density at radius 3 is 3.04 bits per heavy atom. The van der Waals surface area contributed by atoms with Gasteiger partial charge in [-0.15, -0.1) is 5.10 Å². The lowest BCUT2D eigenvalue weighted by molar-refractivity contribution is -0.118. The summed E-state index contributed by atoms with van der Waals surface area (Å²) in [6.07, 6.45) is 4.19. The van der Waals surface area contributed by atoms with Crippen molar-refractivity contribution in [2.45, 2.75) is 43.5 Å². The summed E-state index contributed by atoms with van der Waals surface area (Å²) in [5, 5.41) is 15.3. The lowest BCUT2D eigenvalue weighted by Crippen LogP contribution is -2.26. The van der Waals surface area contributed by atoms with Gasteiger partial charge in [0.25, 0.3) is 0 Å². The Balaban J connectivity index is 1.34. The van der Waals surface area contributed by atoms with Crippen LogP contribution in [-0.2, 0) is 22.5 Å². The summed E-state index contributed by atoms with van der Waals surface area (Å²) in [7, 11) is 0. The van der Waals surface area contributed by atoms with Crippen LogP contribution in [0.3, 0.4) is 0 Å². The molecule has 1 N–H and O–H groups in total. The summed E-state index contributed by atoms with van der Waals surface area (Å²) in [6.45, 7) is 2.13. The largest absolute Gasteiger partial charge is 0.376 e. The van der Waals surface area contributed by atoms with Crippen LogP contribution in [0.1, 0.15) is 24.8 Å². The first-order chi connectivity index (χ1) is 12.3. The Morgan fingerprint density at radius 1 is 1.36 bits per heavy atom. The van der Waals surface area contributed by atoms with E-state index in [-0.39, 0.29) is 12.0 Å². The van der Waals surface area contributed by atoms with Crippen molar-refractivity contribution in [2.24, 2.45) is 0 Å². The van der Waals surface area contributed by atoms with Crippen molar-refractivity contribution in [1.82, 2.24) is 25.5 Å². The number of benzene rings is 1. The molecule has 25 heavy (non-hydrogen) atoms. The highest BCUT2D eigenvalue weighted by Gasteiger charge is 2.19. The van der Waals surface area contributed by atoms with Gasteiger partial charge < -0.3 is 10.1 Å². The molecule has 7 nitrogen and oxygen atoms in total. The third-order valence-corrected chi connectivity index (χ3v) is 5.00. The van der Waals surface area contributed by atoms with Gasteiger partial charge in [-0.3, -0.25) is 4.79 Å². The van der Waals surface area contributed by atoms with E-state index in [9.17, 15) is 4.79 Å². The minimum atomic E-state index is 0.00438. The molecule has 1 saturated heterocycles. The maximum Gasteiger partial charge on any atom is 0.230 e. The first kappa shape index (κ1) is 17.9. The zero-order chi connectivity index (χ0) is 17.3. The van der Waals surface area contributed by atoms with Gasteiger partial charge in [0.15, 0.2) is 0 Å². The van der Waals surface area contributed by atoms with E-state index < -0.39 is 0 Å². The van der Waals surface area contributed by atoms with Crippen LogP contribution in [-0.4, -0.2) is 51.1 Å². The maximum absolute atomic E-state index is 12.0. The van der Waals surface area contributed by atoms with Gasteiger partial charge in [0.1, 0.15) is 0 Å². The predicted octanol–water partition coefficient (Wildman–Crippen LogP) is 1.69. The van der Waals surface area contributed by atoms with Gasteiger partial charge in [-0.05, 0) is 41.7 Å². The second kappa shape index (κ2) is 9.53. The first-order valence-electron chi connectivity index (χ1n) is 8.62. The summed E-state index contributed by atoms with van der Waals surface area (Å²) in [5.41, 5.74) is 1.29. The molecule has 1 aromatic carbocycles. The van der Waals surface area contributed by atoms with Crippen molar-refractivity contribution in [3.05, 3.63) is 35.9 Å².